The molecule has 1 saturated heterocycles. The first kappa shape index (κ1) is 25.8. The summed E-state index contributed by atoms with van der Waals surface area (Å²) in [5.41, 5.74) is 1.09. The van der Waals surface area contributed by atoms with E-state index in [1.807, 2.05) is 77.9 Å². The first-order valence-corrected chi connectivity index (χ1v) is 11.9. The first-order valence-electron chi connectivity index (χ1n) is 11.9. The molecule has 34 heavy (non-hydrogen) atoms. The topological polar surface area (TPSA) is 59.1 Å². The van der Waals surface area contributed by atoms with Crippen LogP contribution in [0.25, 0.3) is 0 Å². The molecule has 0 radical (unpaired) electrons. The molecule has 0 bridgehead atoms. The van der Waals surface area contributed by atoms with Crippen LogP contribution < -0.4 is 0 Å². The highest BCUT2D eigenvalue weighted by Gasteiger charge is 2.45. The zero-order valence-corrected chi connectivity index (χ0v) is 21.3. The van der Waals surface area contributed by atoms with Crippen LogP contribution in [0.5, 0.6) is 0 Å². The number of hydrogen-bond acceptors (Lipinski definition) is 5. The van der Waals surface area contributed by atoms with Gasteiger partial charge in [-0.2, -0.15) is 0 Å². The number of esters is 1. The van der Waals surface area contributed by atoms with Crippen molar-refractivity contribution in [2.24, 2.45) is 5.92 Å². The summed E-state index contributed by atoms with van der Waals surface area (Å²) < 4.78 is 11.4. The van der Waals surface area contributed by atoms with E-state index in [2.05, 4.69) is 29.2 Å². The number of hydrogen-bond donors (Lipinski definition) is 0. The predicted molar refractivity (Wildman–Crippen MR) is 133 cm³/mol. The Morgan fingerprint density at radius 2 is 1.26 bits per heavy atom. The molecular formula is C28H38N2O4. The van der Waals surface area contributed by atoms with E-state index in [0.717, 1.165) is 11.1 Å². The molecule has 1 aliphatic rings. The van der Waals surface area contributed by atoms with E-state index in [0.29, 0.717) is 19.6 Å². The van der Waals surface area contributed by atoms with E-state index in [1.165, 1.54) is 0 Å². The number of ether oxygens (including phenoxy) is 2. The van der Waals surface area contributed by atoms with Gasteiger partial charge in [-0.3, -0.25) is 9.69 Å². The van der Waals surface area contributed by atoms with Crippen molar-refractivity contribution in [3.63, 3.8) is 0 Å². The molecular weight excluding hydrogens is 428 g/mol. The van der Waals surface area contributed by atoms with Crippen LogP contribution in [0.4, 0.5) is 4.79 Å². The fourth-order valence-corrected chi connectivity index (χ4v) is 4.17. The Balaban J connectivity index is 1.92. The van der Waals surface area contributed by atoms with Crippen LogP contribution in [0.15, 0.2) is 60.7 Å². The predicted octanol–water partition coefficient (Wildman–Crippen LogP) is 5.27. The summed E-state index contributed by atoms with van der Waals surface area (Å²) >= 11 is 0. The number of nitrogens with zero attached hydrogens (tertiary/aromatic N) is 2. The molecule has 6 nitrogen and oxygen atoms in total. The second-order valence-corrected chi connectivity index (χ2v) is 11.0. The van der Waals surface area contributed by atoms with Crippen LogP contribution in [0.2, 0.25) is 0 Å². The summed E-state index contributed by atoms with van der Waals surface area (Å²) in [7, 11) is 0. The minimum absolute atomic E-state index is 0.206. The second-order valence-electron chi connectivity index (χ2n) is 11.0. The van der Waals surface area contributed by atoms with Crippen LogP contribution in [0.3, 0.4) is 0 Å². The standard InChI is InChI=1S/C28H38N2O4/c1-27(2,3)33-25(31)23-19-30(26(32)34-28(4,5)6)20-24(23)29(17-21-13-9-7-10-14-21)18-22-15-11-8-12-16-22/h7-16,23-24H,17-20H2,1-6H3/t23-,24+/m1/s1. The van der Waals surface area contributed by atoms with Gasteiger partial charge in [0.15, 0.2) is 0 Å². The van der Waals surface area contributed by atoms with Crippen molar-refractivity contribution in [3.8, 4) is 0 Å². The Bertz CT molecular complexity index is 906. The van der Waals surface area contributed by atoms with Gasteiger partial charge in [0.1, 0.15) is 11.2 Å². The largest absolute Gasteiger partial charge is 0.460 e. The summed E-state index contributed by atoms with van der Waals surface area (Å²) in [5.74, 6) is -0.756. The van der Waals surface area contributed by atoms with E-state index in [1.54, 1.807) is 4.90 Å². The van der Waals surface area contributed by atoms with Crippen molar-refractivity contribution in [2.75, 3.05) is 13.1 Å². The van der Waals surface area contributed by atoms with Gasteiger partial charge >= 0.3 is 12.1 Å². The van der Waals surface area contributed by atoms with Gasteiger partial charge in [-0.05, 0) is 52.7 Å². The van der Waals surface area contributed by atoms with Gasteiger partial charge in [0.2, 0.25) is 0 Å². The number of carbonyl (C=O) groups excluding carboxylic acids is 2. The lowest BCUT2D eigenvalue weighted by Crippen LogP contribution is -2.44. The van der Waals surface area contributed by atoms with Gasteiger partial charge in [0, 0.05) is 32.2 Å². The van der Waals surface area contributed by atoms with Crippen molar-refractivity contribution in [2.45, 2.75) is 71.9 Å². The third-order valence-electron chi connectivity index (χ3n) is 5.58. The molecule has 6 heteroatoms. The van der Waals surface area contributed by atoms with E-state index in [4.69, 9.17) is 9.47 Å². The van der Waals surface area contributed by atoms with Crippen LogP contribution in [0, 0.1) is 5.92 Å². The number of amides is 1. The number of likely N-dealkylation sites (tertiary alicyclic amines) is 1. The normalized spacial score (nSPS) is 18.7. The molecule has 1 aliphatic heterocycles. The highest BCUT2D eigenvalue weighted by atomic mass is 16.6. The van der Waals surface area contributed by atoms with Gasteiger partial charge in [-0.25, -0.2) is 4.79 Å². The van der Waals surface area contributed by atoms with Gasteiger partial charge in [0.05, 0.1) is 5.92 Å². The third kappa shape index (κ3) is 7.59. The maximum absolute atomic E-state index is 13.3. The first-order chi connectivity index (χ1) is 15.9. The highest BCUT2D eigenvalue weighted by molar-refractivity contribution is 5.77. The smallest absolute Gasteiger partial charge is 0.410 e. The van der Waals surface area contributed by atoms with E-state index in [9.17, 15) is 9.59 Å². The fraction of sp³-hybridized carbons (Fsp3) is 0.500. The van der Waals surface area contributed by atoms with Crippen molar-refractivity contribution < 1.29 is 19.1 Å². The molecule has 0 saturated carbocycles. The van der Waals surface area contributed by atoms with E-state index >= 15 is 0 Å². The lowest BCUT2D eigenvalue weighted by Gasteiger charge is -2.33. The molecule has 0 aliphatic carbocycles. The van der Waals surface area contributed by atoms with E-state index < -0.39 is 23.2 Å². The fourth-order valence-electron chi connectivity index (χ4n) is 4.17. The molecule has 0 aromatic heterocycles. The second kappa shape index (κ2) is 10.6. The molecule has 1 fully saturated rings. The highest BCUT2D eigenvalue weighted by Crippen LogP contribution is 2.29. The van der Waals surface area contributed by atoms with Crippen molar-refractivity contribution in [3.05, 3.63) is 71.8 Å². The Hall–Kier alpha value is -2.86. The van der Waals surface area contributed by atoms with Crippen LogP contribution in [-0.4, -0.2) is 52.2 Å². The maximum Gasteiger partial charge on any atom is 0.410 e. The van der Waals surface area contributed by atoms with E-state index in [-0.39, 0.29) is 18.6 Å². The summed E-state index contributed by atoms with van der Waals surface area (Å²) in [5, 5.41) is 0. The molecule has 0 unspecified atom stereocenters. The molecule has 1 amide bonds. The molecule has 184 valence electrons. The number of carbonyl (C=O) groups is 2. The SMILES string of the molecule is CC(C)(C)OC(=O)[C@@H]1CN(C(=O)OC(C)(C)C)C[C@@H]1N(Cc1ccccc1)Cc1ccccc1. The Labute approximate surface area is 203 Å². The molecule has 0 spiro atoms. The van der Waals surface area contributed by atoms with Crippen LogP contribution in [-0.2, 0) is 27.4 Å². The lowest BCUT2D eigenvalue weighted by molar-refractivity contribution is -0.161. The molecule has 2 aromatic rings. The Kier molecular flexibility index (Phi) is 8.03. The molecule has 0 N–H and O–H groups in total. The Morgan fingerprint density at radius 1 is 0.794 bits per heavy atom. The van der Waals surface area contributed by atoms with Crippen molar-refractivity contribution in [1.29, 1.82) is 0 Å². The average molecular weight is 467 g/mol. The zero-order chi connectivity index (χ0) is 24.9. The lowest BCUT2D eigenvalue weighted by atomic mass is 10.00. The Morgan fingerprint density at radius 3 is 1.71 bits per heavy atom. The van der Waals surface area contributed by atoms with Crippen LogP contribution in [0.1, 0.15) is 52.7 Å². The van der Waals surface area contributed by atoms with Crippen molar-refractivity contribution >= 4 is 12.1 Å². The van der Waals surface area contributed by atoms with Crippen LogP contribution >= 0.6 is 0 Å². The monoisotopic (exact) mass is 466 g/mol. The van der Waals surface area contributed by atoms with Gasteiger partial charge in [-0.1, -0.05) is 60.7 Å². The number of benzene rings is 2. The van der Waals surface area contributed by atoms with Gasteiger partial charge < -0.3 is 14.4 Å². The third-order valence-corrected chi connectivity index (χ3v) is 5.58. The molecule has 2 atom stereocenters. The maximum atomic E-state index is 13.3. The molecule has 1 heterocycles. The summed E-state index contributed by atoms with van der Waals surface area (Å²) in [6, 6.07) is 20.2. The summed E-state index contributed by atoms with van der Waals surface area (Å²) in [6.45, 7) is 13.1. The summed E-state index contributed by atoms with van der Waals surface area (Å²) in [4.78, 5) is 30.2. The minimum Gasteiger partial charge on any atom is -0.460 e. The number of rotatable bonds is 6. The summed E-state index contributed by atoms with van der Waals surface area (Å²) in [6.07, 6.45) is -0.400. The van der Waals surface area contributed by atoms with Gasteiger partial charge in [-0.15, -0.1) is 0 Å². The molecule has 2 aromatic carbocycles. The zero-order valence-electron chi connectivity index (χ0n) is 21.3. The average Bonchev–Trinajstić information content (AvgIpc) is 3.18. The molecule has 3 rings (SSSR count). The quantitative estimate of drug-likeness (QED) is 0.543. The van der Waals surface area contributed by atoms with Crippen molar-refractivity contribution in [1.82, 2.24) is 9.80 Å². The minimum atomic E-state index is -0.607. The van der Waals surface area contributed by atoms with Gasteiger partial charge in [0.25, 0.3) is 0 Å².